The maximum atomic E-state index is 9.60. The van der Waals surface area contributed by atoms with Crippen LogP contribution in [0.4, 0.5) is 9.59 Å². The summed E-state index contributed by atoms with van der Waals surface area (Å²) in [5.41, 5.74) is 9.08. The number of carbonyl (C=O) groups is 4. The normalized spacial score (nSPS) is 7.00. The Morgan fingerprint density at radius 3 is 1.05 bits per heavy atom. The van der Waals surface area contributed by atoms with Crippen LogP contribution in [-0.4, -0.2) is 47.6 Å². The van der Waals surface area contributed by atoms with E-state index < -0.39 is 24.1 Å². The zero-order chi connectivity index (χ0) is 18.6. The van der Waals surface area contributed by atoms with Gasteiger partial charge in [-0.15, -0.1) is 0 Å². The van der Waals surface area contributed by atoms with E-state index in [1.165, 1.54) is 0 Å². The highest BCUT2D eigenvalue weighted by molar-refractivity contribution is 5.79. The lowest BCUT2D eigenvalue weighted by Crippen LogP contribution is -2.11. The van der Waals surface area contributed by atoms with Gasteiger partial charge in [0.1, 0.15) is 0 Å². The number of rotatable bonds is 4. The van der Waals surface area contributed by atoms with E-state index in [1.54, 1.807) is 13.8 Å². The molecule has 0 heterocycles. The quantitative estimate of drug-likeness (QED) is 0.546. The molecule has 0 saturated heterocycles. The molecular formula is C12H22N2O8. The highest BCUT2D eigenvalue weighted by Gasteiger charge is 1.82. The third-order valence-electron chi connectivity index (χ3n) is 0.922. The molecule has 0 aliphatic rings. The first kappa shape index (κ1) is 27.3. The lowest BCUT2D eigenvalue weighted by atomic mass is 10.7. The minimum atomic E-state index is -0.981. The number of aliphatic carboxylic acids is 2. The molecule has 2 amide bonds. The predicted molar refractivity (Wildman–Crippen MR) is 78.1 cm³/mol. The first-order chi connectivity index (χ1) is 10.1. The molecule has 10 heteroatoms. The fraction of sp³-hybridized carbons (Fsp3) is 0.333. The highest BCUT2D eigenvalue weighted by atomic mass is 16.5. The molecule has 0 bridgehead atoms. The molecule has 0 unspecified atom stereocenters. The summed E-state index contributed by atoms with van der Waals surface area (Å²) in [6, 6.07) is 0. The molecule has 0 aromatic rings. The Morgan fingerprint density at radius 2 is 1.05 bits per heavy atom. The van der Waals surface area contributed by atoms with Gasteiger partial charge in [0, 0.05) is 12.2 Å². The summed E-state index contributed by atoms with van der Waals surface area (Å²) in [5, 5.41) is 15.2. The second-order valence-corrected chi connectivity index (χ2v) is 2.59. The Hall–Kier alpha value is -3.04. The van der Waals surface area contributed by atoms with Gasteiger partial charge >= 0.3 is 24.1 Å². The van der Waals surface area contributed by atoms with Gasteiger partial charge in [0.15, 0.2) is 0 Å². The average molecular weight is 322 g/mol. The predicted octanol–water partition coefficient (Wildman–Crippen LogP) is 0.717. The zero-order valence-corrected chi connectivity index (χ0v) is 12.5. The van der Waals surface area contributed by atoms with Crippen LogP contribution >= 0.6 is 0 Å². The molecule has 128 valence electrons. The zero-order valence-electron chi connectivity index (χ0n) is 12.5. The molecule has 0 radical (unpaired) electrons. The SMILES string of the molecule is C=CC(=O)O.C=CC(=O)O.CCOC(N)=O.CCOC(N)=O. The van der Waals surface area contributed by atoms with Crippen molar-refractivity contribution in [2.45, 2.75) is 13.8 Å². The molecule has 0 saturated carbocycles. The molecule has 0 aliphatic carbocycles. The van der Waals surface area contributed by atoms with Gasteiger partial charge < -0.3 is 31.2 Å². The minimum Gasteiger partial charge on any atom is -0.478 e. The van der Waals surface area contributed by atoms with Crippen LogP contribution in [0, 0.1) is 0 Å². The summed E-state index contributed by atoms with van der Waals surface area (Å²) in [5.74, 6) is -1.96. The summed E-state index contributed by atoms with van der Waals surface area (Å²) in [6.45, 7) is 10.0. The Bertz CT molecular complexity index is 321. The van der Waals surface area contributed by atoms with Crippen LogP contribution in [-0.2, 0) is 19.1 Å². The largest absolute Gasteiger partial charge is 0.478 e. The van der Waals surface area contributed by atoms with Crippen LogP contribution in [0.15, 0.2) is 25.3 Å². The maximum absolute atomic E-state index is 9.60. The van der Waals surface area contributed by atoms with E-state index in [0.717, 1.165) is 12.2 Å². The number of carboxylic acids is 2. The van der Waals surface area contributed by atoms with Gasteiger partial charge in [-0.1, -0.05) is 13.2 Å². The van der Waals surface area contributed by atoms with E-state index in [0.29, 0.717) is 13.2 Å². The number of primary amides is 2. The van der Waals surface area contributed by atoms with E-state index in [1.807, 2.05) is 0 Å². The second kappa shape index (κ2) is 23.1. The highest BCUT2D eigenvalue weighted by Crippen LogP contribution is 1.66. The van der Waals surface area contributed by atoms with Gasteiger partial charge in [0.2, 0.25) is 0 Å². The van der Waals surface area contributed by atoms with Gasteiger partial charge in [-0.2, -0.15) is 0 Å². The molecule has 6 N–H and O–H groups in total. The molecule has 0 atom stereocenters. The smallest absolute Gasteiger partial charge is 0.404 e. The van der Waals surface area contributed by atoms with Crippen LogP contribution in [0.25, 0.3) is 0 Å². The first-order valence-electron chi connectivity index (χ1n) is 5.63. The molecule has 0 aliphatic heterocycles. The van der Waals surface area contributed by atoms with Crippen molar-refractivity contribution in [1.82, 2.24) is 0 Å². The van der Waals surface area contributed by atoms with Gasteiger partial charge in [-0.25, -0.2) is 19.2 Å². The van der Waals surface area contributed by atoms with Gasteiger partial charge in [0.05, 0.1) is 13.2 Å². The van der Waals surface area contributed by atoms with Gasteiger partial charge in [0.25, 0.3) is 0 Å². The van der Waals surface area contributed by atoms with Crippen LogP contribution < -0.4 is 11.5 Å². The summed E-state index contributed by atoms with van der Waals surface area (Å²) in [7, 11) is 0. The van der Waals surface area contributed by atoms with Crippen molar-refractivity contribution in [2.75, 3.05) is 13.2 Å². The molecule has 0 spiro atoms. The Balaban J connectivity index is -0.0000000986. The van der Waals surface area contributed by atoms with Crippen molar-refractivity contribution in [1.29, 1.82) is 0 Å². The molecule has 0 fully saturated rings. The van der Waals surface area contributed by atoms with E-state index in [-0.39, 0.29) is 0 Å². The third-order valence-corrected chi connectivity index (χ3v) is 0.922. The van der Waals surface area contributed by atoms with Crippen molar-refractivity contribution in [3.63, 3.8) is 0 Å². The van der Waals surface area contributed by atoms with Crippen LogP contribution in [0.2, 0.25) is 0 Å². The molecule has 10 nitrogen and oxygen atoms in total. The Labute approximate surface area is 128 Å². The topological polar surface area (TPSA) is 179 Å². The Kier molecular flexibility index (Phi) is 28.7. The number of nitrogens with two attached hydrogens (primary N) is 2. The van der Waals surface area contributed by atoms with E-state index in [9.17, 15) is 19.2 Å². The van der Waals surface area contributed by atoms with Crippen molar-refractivity contribution in [3.05, 3.63) is 25.3 Å². The van der Waals surface area contributed by atoms with E-state index in [4.69, 9.17) is 10.2 Å². The molecule has 0 rings (SSSR count). The first-order valence-corrected chi connectivity index (χ1v) is 5.63. The van der Waals surface area contributed by atoms with Crippen LogP contribution in [0.1, 0.15) is 13.8 Å². The number of ether oxygens (including phenoxy) is 2. The summed E-state index contributed by atoms with van der Waals surface area (Å²) >= 11 is 0. The number of hydrogen-bond donors (Lipinski definition) is 4. The Morgan fingerprint density at radius 1 is 0.864 bits per heavy atom. The lowest BCUT2D eigenvalue weighted by Gasteiger charge is -1.89. The summed E-state index contributed by atoms with van der Waals surface area (Å²) in [4.78, 5) is 37.7. The van der Waals surface area contributed by atoms with Crippen LogP contribution in [0.3, 0.4) is 0 Å². The minimum absolute atomic E-state index is 0.356. The number of hydrogen-bond acceptors (Lipinski definition) is 6. The standard InChI is InChI=1S/2C3H7NO2.2C3H4O2/c2*1-2-6-3(4)5;2*1-2-3(4)5/h2*2H2,1H3,(H2,4,5);2*2H,1H2,(H,4,5). The molecular weight excluding hydrogens is 300 g/mol. The molecule has 22 heavy (non-hydrogen) atoms. The van der Waals surface area contributed by atoms with Crippen molar-refractivity contribution in [3.8, 4) is 0 Å². The van der Waals surface area contributed by atoms with Crippen molar-refractivity contribution < 1.29 is 38.9 Å². The fourth-order valence-corrected chi connectivity index (χ4v) is 0.285. The number of carbonyl (C=O) groups excluding carboxylic acids is 2. The fourth-order valence-electron chi connectivity index (χ4n) is 0.285. The summed E-state index contributed by atoms with van der Waals surface area (Å²) < 4.78 is 8.36. The molecule has 0 aromatic heterocycles. The number of carboxylic acid groups (broad SMARTS) is 2. The van der Waals surface area contributed by atoms with Crippen molar-refractivity contribution in [2.24, 2.45) is 11.5 Å². The number of amides is 2. The maximum Gasteiger partial charge on any atom is 0.404 e. The lowest BCUT2D eigenvalue weighted by molar-refractivity contribution is -0.132. The second-order valence-electron chi connectivity index (χ2n) is 2.59. The molecule has 0 aromatic carbocycles. The van der Waals surface area contributed by atoms with Gasteiger partial charge in [-0.3, -0.25) is 0 Å². The third kappa shape index (κ3) is 89.2. The average Bonchev–Trinajstić information content (AvgIpc) is 2.40. The van der Waals surface area contributed by atoms with E-state index >= 15 is 0 Å². The van der Waals surface area contributed by atoms with Gasteiger partial charge in [-0.05, 0) is 13.8 Å². The summed E-state index contributed by atoms with van der Waals surface area (Å²) in [6.07, 6.45) is 0.245. The van der Waals surface area contributed by atoms with Crippen molar-refractivity contribution >= 4 is 24.1 Å². The van der Waals surface area contributed by atoms with E-state index in [2.05, 4.69) is 34.1 Å². The van der Waals surface area contributed by atoms with Crippen LogP contribution in [0.5, 0.6) is 0 Å². The monoisotopic (exact) mass is 322 g/mol.